The highest BCUT2D eigenvalue weighted by Crippen LogP contribution is 2.32. The van der Waals surface area contributed by atoms with E-state index in [1.54, 1.807) is 11.3 Å². The zero-order valence-corrected chi connectivity index (χ0v) is 18.0. The number of benzene rings is 1. The summed E-state index contributed by atoms with van der Waals surface area (Å²) in [5.74, 6) is 0.0738. The molecule has 0 spiro atoms. The molecule has 0 radical (unpaired) electrons. The van der Waals surface area contributed by atoms with Crippen LogP contribution in [0.1, 0.15) is 47.2 Å². The summed E-state index contributed by atoms with van der Waals surface area (Å²) >= 11 is 1.75. The van der Waals surface area contributed by atoms with Crippen LogP contribution in [-0.2, 0) is 0 Å². The monoisotopic (exact) mass is 397 g/mol. The van der Waals surface area contributed by atoms with Crippen molar-refractivity contribution in [1.82, 2.24) is 19.7 Å². The molecule has 3 heterocycles. The van der Waals surface area contributed by atoms with Crippen LogP contribution >= 0.6 is 11.3 Å². The maximum atomic E-state index is 13.0. The van der Waals surface area contributed by atoms with Gasteiger partial charge in [0.1, 0.15) is 5.69 Å². The van der Waals surface area contributed by atoms with Gasteiger partial charge in [0.15, 0.2) is 5.13 Å². The molecule has 0 unspecified atom stereocenters. The Kier molecular flexibility index (Phi) is 4.87. The van der Waals surface area contributed by atoms with Gasteiger partial charge in [0, 0.05) is 32.2 Å². The van der Waals surface area contributed by atoms with Crippen molar-refractivity contribution in [2.24, 2.45) is 0 Å². The molecule has 4 rings (SSSR count). The Hall–Kier alpha value is -2.41. The SMILES string of the molecule is Cc1cc(C)c2sc(N3CCN(C(=O)c4cc(C)nn4C(C)C)CC3)nc2c1. The van der Waals surface area contributed by atoms with Crippen LogP contribution in [0.25, 0.3) is 10.2 Å². The molecule has 7 heteroatoms. The predicted octanol–water partition coefficient (Wildman–Crippen LogP) is 3.96. The molecule has 1 aliphatic heterocycles. The number of hydrogen-bond donors (Lipinski definition) is 0. The average molecular weight is 398 g/mol. The second kappa shape index (κ2) is 7.20. The molecule has 1 amide bonds. The lowest BCUT2D eigenvalue weighted by molar-refractivity contribution is 0.0732. The minimum atomic E-state index is 0.0738. The van der Waals surface area contributed by atoms with Gasteiger partial charge in [-0.25, -0.2) is 4.98 Å². The van der Waals surface area contributed by atoms with Crippen molar-refractivity contribution in [2.45, 2.75) is 40.7 Å². The number of thiazole rings is 1. The molecule has 1 fully saturated rings. The minimum absolute atomic E-state index is 0.0738. The van der Waals surface area contributed by atoms with E-state index in [0.717, 1.165) is 29.4 Å². The zero-order chi connectivity index (χ0) is 20.0. The van der Waals surface area contributed by atoms with Crippen molar-refractivity contribution < 1.29 is 4.79 Å². The summed E-state index contributed by atoms with van der Waals surface area (Å²) in [6.45, 7) is 13.3. The first-order valence-corrected chi connectivity index (χ1v) is 10.6. The van der Waals surface area contributed by atoms with Crippen molar-refractivity contribution in [3.8, 4) is 0 Å². The average Bonchev–Trinajstić information content (AvgIpc) is 3.25. The van der Waals surface area contributed by atoms with Crippen molar-refractivity contribution in [2.75, 3.05) is 31.1 Å². The van der Waals surface area contributed by atoms with Crippen LogP contribution in [0.2, 0.25) is 0 Å². The number of fused-ring (bicyclic) bond motifs is 1. The van der Waals surface area contributed by atoms with Crippen molar-refractivity contribution >= 4 is 32.6 Å². The number of carbonyl (C=O) groups excluding carboxylic acids is 1. The van der Waals surface area contributed by atoms with E-state index in [2.05, 4.69) is 49.8 Å². The summed E-state index contributed by atoms with van der Waals surface area (Å²) in [6, 6.07) is 6.43. The minimum Gasteiger partial charge on any atom is -0.345 e. The number of piperazine rings is 1. The summed E-state index contributed by atoms with van der Waals surface area (Å²) in [7, 11) is 0. The van der Waals surface area contributed by atoms with Crippen LogP contribution in [0.3, 0.4) is 0 Å². The Balaban J connectivity index is 1.49. The van der Waals surface area contributed by atoms with Crippen LogP contribution in [0.4, 0.5) is 5.13 Å². The highest BCUT2D eigenvalue weighted by Gasteiger charge is 2.27. The van der Waals surface area contributed by atoms with Crippen molar-refractivity contribution in [1.29, 1.82) is 0 Å². The van der Waals surface area contributed by atoms with Gasteiger partial charge in [-0.15, -0.1) is 0 Å². The van der Waals surface area contributed by atoms with Crippen molar-refractivity contribution in [3.63, 3.8) is 0 Å². The van der Waals surface area contributed by atoms with Crippen molar-refractivity contribution in [3.05, 3.63) is 40.7 Å². The zero-order valence-electron chi connectivity index (χ0n) is 17.2. The lowest BCUT2D eigenvalue weighted by Crippen LogP contribution is -2.49. The smallest absolute Gasteiger partial charge is 0.272 e. The van der Waals surface area contributed by atoms with E-state index in [1.165, 1.54) is 15.8 Å². The molecule has 28 heavy (non-hydrogen) atoms. The van der Waals surface area contributed by atoms with Gasteiger partial charge < -0.3 is 9.80 Å². The van der Waals surface area contributed by atoms with E-state index in [9.17, 15) is 4.79 Å². The van der Waals surface area contributed by atoms with Crippen LogP contribution < -0.4 is 4.90 Å². The highest BCUT2D eigenvalue weighted by atomic mass is 32.1. The summed E-state index contributed by atoms with van der Waals surface area (Å²) in [4.78, 5) is 22.1. The molecule has 0 atom stereocenters. The van der Waals surface area contributed by atoms with Gasteiger partial charge in [-0.05, 0) is 57.9 Å². The van der Waals surface area contributed by atoms with Gasteiger partial charge in [0.05, 0.1) is 15.9 Å². The first-order valence-electron chi connectivity index (χ1n) is 9.81. The molecule has 3 aromatic rings. The number of nitrogens with zero attached hydrogens (tertiary/aromatic N) is 5. The highest BCUT2D eigenvalue weighted by molar-refractivity contribution is 7.22. The topological polar surface area (TPSA) is 54.3 Å². The molecule has 0 aliphatic carbocycles. The summed E-state index contributed by atoms with van der Waals surface area (Å²) in [5, 5.41) is 5.53. The number of hydrogen-bond acceptors (Lipinski definition) is 5. The van der Waals surface area contributed by atoms with Gasteiger partial charge in [-0.3, -0.25) is 9.48 Å². The van der Waals surface area contributed by atoms with E-state index in [0.29, 0.717) is 18.8 Å². The summed E-state index contributed by atoms with van der Waals surface area (Å²) in [5.41, 5.74) is 5.18. The largest absolute Gasteiger partial charge is 0.345 e. The number of anilines is 1. The molecule has 1 aromatic carbocycles. The van der Waals surface area contributed by atoms with Gasteiger partial charge in [0.25, 0.3) is 5.91 Å². The number of aromatic nitrogens is 3. The predicted molar refractivity (Wildman–Crippen MR) is 115 cm³/mol. The van der Waals surface area contributed by atoms with Crippen LogP contribution in [0.5, 0.6) is 0 Å². The standard InChI is InChI=1S/C21H27N5OS/c1-13(2)26-18(12-16(5)23-26)20(27)24-6-8-25(9-7-24)21-22-17-11-14(3)10-15(4)19(17)28-21/h10-13H,6-9H2,1-5H3. The first kappa shape index (κ1) is 18.9. The van der Waals surface area contributed by atoms with Crippen LogP contribution in [0, 0.1) is 20.8 Å². The first-order chi connectivity index (χ1) is 13.3. The molecule has 0 N–H and O–H groups in total. The number of amides is 1. The molecule has 0 bridgehead atoms. The second-order valence-electron chi connectivity index (χ2n) is 7.92. The van der Waals surface area contributed by atoms with E-state index in [1.807, 2.05) is 22.6 Å². The van der Waals surface area contributed by atoms with Crippen LogP contribution in [0.15, 0.2) is 18.2 Å². The maximum Gasteiger partial charge on any atom is 0.272 e. The molecular weight excluding hydrogens is 370 g/mol. The van der Waals surface area contributed by atoms with Gasteiger partial charge >= 0.3 is 0 Å². The fourth-order valence-corrected chi connectivity index (χ4v) is 4.90. The summed E-state index contributed by atoms with van der Waals surface area (Å²) < 4.78 is 3.10. The van der Waals surface area contributed by atoms with E-state index < -0.39 is 0 Å². The molecule has 0 saturated carbocycles. The van der Waals surface area contributed by atoms with E-state index >= 15 is 0 Å². The Labute approximate surface area is 169 Å². The Morgan fingerprint density at radius 3 is 2.46 bits per heavy atom. The quantitative estimate of drug-likeness (QED) is 0.671. The fourth-order valence-electron chi connectivity index (χ4n) is 3.83. The third kappa shape index (κ3) is 3.39. The van der Waals surface area contributed by atoms with Gasteiger partial charge in [0.2, 0.25) is 0 Å². The third-order valence-corrected chi connectivity index (χ3v) is 6.48. The number of carbonyl (C=O) groups is 1. The molecule has 1 aliphatic rings. The second-order valence-corrected chi connectivity index (χ2v) is 8.89. The summed E-state index contributed by atoms with van der Waals surface area (Å²) in [6.07, 6.45) is 0. The lowest BCUT2D eigenvalue weighted by Gasteiger charge is -2.34. The molecule has 2 aromatic heterocycles. The number of rotatable bonds is 3. The third-order valence-electron chi connectivity index (χ3n) is 5.21. The molecular formula is C21H27N5OS. The fraction of sp³-hybridized carbons (Fsp3) is 0.476. The van der Waals surface area contributed by atoms with E-state index in [4.69, 9.17) is 4.98 Å². The lowest BCUT2D eigenvalue weighted by atomic mass is 10.1. The van der Waals surface area contributed by atoms with Gasteiger partial charge in [-0.1, -0.05) is 17.4 Å². The Bertz CT molecular complexity index is 1030. The Morgan fingerprint density at radius 1 is 1.07 bits per heavy atom. The number of aryl methyl sites for hydroxylation is 3. The maximum absolute atomic E-state index is 13.0. The van der Waals surface area contributed by atoms with Gasteiger partial charge in [-0.2, -0.15) is 5.10 Å². The normalized spacial score (nSPS) is 15.1. The van der Waals surface area contributed by atoms with E-state index in [-0.39, 0.29) is 11.9 Å². The molecule has 148 valence electrons. The Morgan fingerprint density at radius 2 is 1.79 bits per heavy atom. The van der Waals surface area contributed by atoms with Crippen LogP contribution in [-0.4, -0.2) is 51.8 Å². The molecule has 1 saturated heterocycles. The molecule has 6 nitrogen and oxygen atoms in total.